The minimum atomic E-state index is -0.297. The van der Waals surface area contributed by atoms with E-state index in [2.05, 4.69) is 0 Å². The first-order valence-corrected chi connectivity index (χ1v) is 6.87. The van der Waals surface area contributed by atoms with Gasteiger partial charge in [0.25, 0.3) is 0 Å². The number of halogens is 1. The van der Waals surface area contributed by atoms with Crippen LogP contribution in [0, 0.1) is 12.7 Å². The minimum absolute atomic E-state index is 0.0463. The highest BCUT2D eigenvalue weighted by Crippen LogP contribution is 2.26. The van der Waals surface area contributed by atoms with Crippen molar-refractivity contribution < 1.29 is 9.18 Å². The fourth-order valence-corrected chi connectivity index (χ4v) is 3.03. The molecule has 0 aliphatic carbocycles. The van der Waals surface area contributed by atoms with Gasteiger partial charge in [0.2, 0.25) is 0 Å². The summed E-state index contributed by atoms with van der Waals surface area (Å²) < 4.78 is 13.7. The van der Waals surface area contributed by atoms with Crippen molar-refractivity contribution in [1.29, 1.82) is 0 Å². The Morgan fingerprint density at radius 1 is 1.00 bits per heavy atom. The van der Waals surface area contributed by atoms with E-state index in [4.69, 9.17) is 0 Å². The van der Waals surface area contributed by atoms with Crippen molar-refractivity contribution in [2.45, 2.75) is 6.92 Å². The molecule has 3 aromatic rings. The lowest BCUT2D eigenvalue weighted by Crippen LogP contribution is -2.03. The van der Waals surface area contributed by atoms with Crippen LogP contribution in [0.4, 0.5) is 4.39 Å². The standard InChI is InChI=1S/C16H11FOS/c1-10-8-19-9-14(10)16(18)13-6-7-15(17)12-5-3-2-4-11(12)13/h2-9H,1H3. The van der Waals surface area contributed by atoms with Crippen molar-refractivity contribution in [2.75, 3.05) is 0 Å². The van der Waals surface area contributed by atoms with Gasteiger partial charge < -0.3 is 0 Å². The Bertz CT molecular complexity index is 773. The van der Waals surface area contributed by atoms with Gasteiger partial charge in [-0.3, -0.25) is 4.79 Å². The quantitative estimate of drug-likeness (QED) is 0.623. The number of fused-ring (bicyclic) bond motifs is 1. The van der Waals surface area contributed by atoms with Crippen LogP contribution in [-0.2, 0) is 0 Å². The molecule has 0 saturated carbocycles. The number of hydrogen-bond acceptors (Lipinski definition) is 2. The number of thiophene rings is 1. The summed E-state index contributed by atoms with van der Waals surface area (Å²) in [7, 11) is 0. The van der Waals surface area contributed by atoms with Crippen molar-refractivity contribution in [2.24, 2.45) is 0 Å². The topological polar surface area (TPSA) is 17.1 Å². The lowest BCUT2D eigenvalue weighted by atomic mass is 9.97. The number of benzene rings is 2. The molecule has 3 rings (SSSR count). The van der Waals surface area contributed by atoms with E-state index in [0.717, 1.165) is 5.56 Å². The van der Waals surface area contributed by atoms with Gasteiger partial charge in [0.05, 0.1) is 0 Å². The van der Waals surface area contributed by atoms with Gasteiger partial charge in [-0.25, -0.2) is 4.39 Å². The van der Waals surface area contributed by atoms with Crippen molar-refractivity contribution >= 4 is 27.9 Å². The van der Waals surface area contributed by atoms with E-state index in [0.29, 0.717) is 21.9 Å². The van der Waals surface area contributed by atoms with Crippen molar-refractivity contribution in [3.8, 4) is 0 Å². The van der Waals surface area contributed by atoms with E-state index in [1.54, 1.807) is 24.3 Å². The summed E-state index contributed by atoms with van der Waals surface area (Å²) in [4.78, 5) is 12.5. The molecule has 0 spiro atoms. The number of hydrogen-bond donors (Lipinski definition) is 0. The predicted octanol–water partition coefficient (Wildman–Crippen LogP) is 4.58. The van der Waals surface area contributed by atoms with E-state index >= 15 is 0 Å². The third-order valence-corrected chi connectivity index (χ3v) is 4.08. The molecular weight excluding hydrogens is 259 g/mol. The molecule has 1 nitrogen and oxygen atoms in total. The molecule has 3 heteroatoms. The summed E-state index contributed by atoms with van der Waals surface area (Å²) in [5.74, 6) is -0.343. The number of rotatable bonds is 2. The van der Waals surface area contributed by atoms with E-state index < -0.39 is 0 Å². The molecule has 0 aliphatic heterocycles. The van der Waals surface area contributed by atoms with Gasteiger partial charge in [0.1, 0.15) is 5.82 Å². The SMILES string of the molecule is Cc1cscc1C(=O)c1ccc(F)c2ccccc12. The maximum atomic E-state index is 13.7. The van der Waals surface area contributed by atoms with Gasteiger partial charge in [-0.2, -0.15) is 11.3 Å². The second kappa shape index (κ2) is 4.59. The van der Waals surface area contributed by atoms with Gasteiger partial charge in [0.15, 0.2) is 5.78 Å². The van der Waals surface area contributed by atoms with Gasteiger partial charge in [-0.05, 0) is 35.4 Å². The van der Waals surface area contributed by atoms with Gasteiger partial charge in [-0.15, -0.1) is 0 Å². The molecule has 0 fully saturated rings. The van der Waals surface area contributed by atoms with Crippen LogP contribution in [0.15, 0.2) is 47.2 Å². The minimum Gasteiger partial charge on any atom is -0.289 e. The highest BCUT2D eigenvalue weighted by atomic mass is 32.1. The lowest BCUT2D eigenvalue weighted by Gasteiger charge is -2.06. The number of aryl methyl sites for hydroxylation is 1. The van der Waals surface area contributed by atoms with Crippen LogP contribution in [-0.4, -0.2) is 5.78 Å². The zero-order chi connectivity index (χ0) is 13.4. The first kappa shape index (κ1) is 12.1. The Kier molecular flexibility index (Phi) is 2.91. The molecule has 19 heavy (non-hydrogen) atoms. The lowest BCUT2D eigenvalue weighted by molar-refractivity contribution is 0.104. The van der Waals surface area contributed by atoms with Gasteiger partial charge in [0, 0.05) is 21.9 Å². The Morgan fingerprint density at radius 3 is 2.42 bits per heavy atom. The summed E-state index contributed by atoms with van der Waals surface area (Å²) in [5, 5.41) is 4.94. The molecule has 0 N–H and O–H groups in total. The molecule has 0 saturated heterocycles. The first-order chi connectivity index (χ1) is 9.18. The van der Waals surface area contributed by atoms with Crippen LogP contribution in [0.25, 0.3) is 10.8 Å². The monoisotopic (exact) mass is 270 g/mol. The van der Waals surface area contributed by atoms with E-state index in [9.17, 15) is 9.18 Å². The summed E-state index contributed by atoms with van der Waals surface area (Å²) in [5.41, 5.74) is 2.21. The number of carbonyl (C=O) groups excluding carboxylic acids is 1. The van der Waals surface area contributed by atoms with E-state index in [1.807, 2.05) is 23.8 Å². The predicted molar refractivity (Wildman–Crippen MR) is 76.4 cm³/mol. The fourth-order valence-electron chi connectivity index (χ4n) is 2.20. The average Bonchev–Trinajstić information content (AvgIpc) is 2.85. The number of ketones is 1. The van der Waals surface area contributed by atoms with Crippen LogP contribution in [0.5, 0.6) is 0 Å². The third-order valence-electron chi connectivity index (χ3n) is 3.22. The van der Waals surface area contributed by atoms with Crippen molar-refractivity contribution in [3.63, 3.8) is 0 Å². The molecule has 0 aliphatic rings. The fraction of sp³-hybridized carbons (Fsp3) is 0.0625. The third kappa shape index (κ3) is 1.96. The van der Waals surface area contributed by atoms with E-state index in [1.165, 1.54) is 17.4 Å². The molecule has 0 unspecified atom stereocenters. The van der Waals surface area contributed by atoms with Crippen LogP contribution in [0.3, 0.4) is 0 Å². The summed E-state index contributed by atoms with van der Waals surface area (Å²) in [6.45, 7) is 1.91. The molecule has 2 aromatic carbocycles. The summed E-state index contributed by atoms with van der Waals surface area (Å²) in [6, 6.07) is 10.00. The van der Waals surface area contributed by atoms with Gasteiger partial charge in [-0.1, -0.05) is 24.3 Å². The Morgan fingerprint density at radius 2 is 1.74 bits per heavy atom. The number of carbonyl (C=O) groups is 1. The van der Waals surface area contributed by atoms with Crippen LogP contribution < -0.4 is 0 Å². The molecule has 0 atom stereocenters. The maximum Gasteiger partial charge on any atom is 0.194 e. The molecular formula is C16H11FOS. The summed E-state index contributed by atoms with van der Waals surface area (Å²) >= 11 is 1.50. The maximum absolute atomic E-state index is 13.7. The van der Waals surface area contributed by atoms with Crippen molar-refractivity contribution in [3.05, 3.63) is 69.7 Å². The van der Waals surface area contributed by atoms with E-state index in [-0.39, 0.29) is 11.6 Å². The molecule has 1 heterocycles. The Balaban J connectivity index is 2.24. The van der Waals surface area contributed by atoms with Gasteiger partial charge >= 0.3 is 0 Å². The van der Waals surface area contributed by atoms with Crippen LogP contribution in [0.2, 0.25) is 0 Å². The largest absolute Gasteiger partial charge is 0.289 e. The Labute approximate surface area is 114 Å². The molecule has 1 aromatic heterocycles. The normalized spacial score (nSPS) is 10.8. The van der Waals surface area contributed by atoms with Crippen LogP contribution in [0.1, 0.15) is 21.5 Å². The molecule has 0 amide bonds. The van der Waals surface area contributed by atoms with Crippen LogP contribution >= 0.6 is 11.3 Å². The smallest absolute Gasteiger partial charge is 0.194 e. The highest BCUT2D eigenvalue weighted by molar-refractivity contribution is 7.08. The molecule has 94 valence electrons. The zero-order valence-corrected chi connectivity index (χ0v) is 11.1. The zero-order valence-electron chi connectivity index (χ0n) is 10.3. The first-order valence-electron chi connectivity index (χ1n) is 5.93. The molecule has 0 radical (unpaired) electrons. The second-order valence-corrected chi connectivity index (χ2v) is 5.18. The summed E-state index contributed by atoms with van der Waals surface area (Å²) in [6.07, 6.45) is 0. The second-order valence-electron chi connectivity index (χ2n) is 4.44. The van der Waals surface area contributed by atoms with Crippen molar-refractivity contribution in [1.82, 2.24) is 0 Å². The average molecular weight is 270 g/mol. The highest BCUT2D eigenvalue weighted by Gasteiger charge is 2.16. The molecule has 0 bridgehead atoms. The Hall–Kier alpha value is -2.00.